The maximum absolute atomic E-state index is 11.1. The Morgan fingerprint density at radius 1 is 0.795 bits per heavy atom. The van der Waals surface area contributed by atoms with Crippen molar-refractivity contribution in [2.75, 3.05) is 20.3 Å². The standard InChI is InChI=1S/C33H46O5Si/c1-25(23-37-24-27-17-19-28(36-6)20-18-27)32(35)26(2)31(34)21-22-38-39(33(3,4)5,29-13-9-7-10-14-29)30-15-11-8-12-16-30/h7-20,25-26,31-32,34-35H,21-24H2,1-6H3/t25-,26-,31-,32-/m1/s1. The molecule has 0 fully saturated rings. The van der Waals surface area contributed by atoms with Crippen LogP contribution in [-0.2, 0) is 15.8 Å². The molecule has 4 atom stereocenters. The lowest BCUT2D eigenvalue weighted by atomic mass is 9.88. The number of aliphatic hydroxyl groups excluding tert-OH is 2. The zero-order valence-corrected chi connectivity index (χ0v) is 25.3. The van der Waals surface area contributed by atoms with Crippen molar-refractivity contribution in [1.82, 2.24) is 0 Å². The Labute approximate surface area is 235 Å². The van der Waals surface area contributed by atoms with Gasteiger partial charge in [0.25, 0.3) is 8.32 Å². The summed E-state index contributed by atoms with van der Waals surface area (Å²) in [6, 6.07) is 28.8. The average molecular weight is 551 g/mol. The van der Waals surface area contributed by atoms with Crippen molar-refractivity contribution in [2.45, 2.75) is 64.9 Å². The zero-order chi connectivity index (χ0) is 28.5. The SMILES string of the molecule is COc1ccc(COC[C@@H](C)[C@@H](O)[C@H](C)[C@H](O)CCO[Si](c2ccccc2)(c2ccccc2)C(C)(C)C)cc1. The number of hydrogen-bond acceptors (Lipinski definition) is 5. The van der Waals surface area contributed by atoms with Crippen LogP contribution in [0.1, 0.15) is 46.6 Å². The highest BCUT2D eigenvalue weighted by molar-refractivity contribution is 6.99. The molecule has 3 rings (SSSR count). The third kappa shape index (κ3) is 7.80. The first-order valence-electron chi connectivity index (χ1n) is 13.9. The van der Waals surface area contributed by atoms with Gasteiger partial charge in [0.1, 0.15) is 5.75 Å². The molecule has 3 aromatic carbocycles. The summed E-state index contributed by atoms with van der Waals surface area (Å²) < 4.78 is 18.0. The smallest absolute Gasteiger partial charge is 0.261 e. The summed E-state index contributed by atoms with van der Waals surface area (Å²) in [4.78, 5) is 0. The van der Waals surface area contributed by atoms with E-state index in [1.807, 2.05) is 50.2 Å². The first-order valence-corrected chi connectivity index (χ1v) is 15.8. The molecule has 0 saturated carbocycles. The Morgan fingerprint density at radius 2 is 1.33 bits per heavy atom. The number of methoxy groups -OCH3 is 1. The van der Waals surface area contributed by atoms with E-state index in [0.29, 0.717) is 26.2 Å². The number of hydrogen-bond donors (Lipinski definition) is 2. The molecule has 0 saturated heterocycles. The molecule has 0 aromatic heterocycles. The molecule has 3 aromatic rings. The van der Waals surface area contributed by atoms with E-state index in [1.165, 1.54) is 10.4 Å². The largest absolute Gasteiger partial charge is 0.497 e. The van der Waals surface area contributed by atoms with Gasteiger partial charge in [0.15, 0.2) is 0 Å². The molecule has 0 amide bonds. The molecule has 6 heteroatoms. The minimum Gasteiger partial charge on any atom is -0.497 e. The van der Waals surface area contributed by atoms with Gasteiger partial charge < -0.3 is 24.1 Å². The lowest BCUT2D eigenvalue weighted by Gasteiger charge is -2.43. The van der Waals surface area contributed by atoms with Gasteiger partial charge in [-0.2, -0.15) is 0 Å². The quantitative estimate of drug-likeness (QED) is 0.271. The number of aliphatic hydroxyl groups is 2. The van der Waals surface area contributed by atoms with Crippen LogP contribution in [-0.4, -0.2) is 51.1 Å². The Bertz CT molecular complexity index is 1060. The van der Waals surface area contributed by atoms with E-state index >= 15 is 0 Å². The predicted octanol–water partition coefficient (Wildman–Crippen LogP) is 5.17. The second-order valence-corrected chi connectivity index (χ2v) is 15.9. The van der Waals surface area contributed by atoms with Gasteiger partial charge in [0, 0.05) is 18.4 Å². The van der Waals surface area contributed by atoms with Crippen molar-refractivity contribution >= 4 is 18.7 Å². The molecule has 0 spiro atoms. The highest BCUT2D eigenvalue weighted by Gasteiger charge is 2.50. The molecule has 0 heterocycles. The van der Waals surface area contributed by atoms with Gasteiger partial charge in [-0.15, -0.1) is 0 Å². The van der Waals surface area contributed by atoms with E-state index in [2.05, 4.69) is 69.3 Å². The molecule has 0 aliphatic heterocycles. The van der Waals surface area contributed by atoms with Crippen LogP contribution in [0.2, 0.25) is 5.04 Å². The zero-order valence-electron chi connectivity index (χ0n) is 24.3. The van der Waals surface area contributed by atoms with E-state index in [1.54, 1.807) is 7.11 Å². The van der Waals surface area contributed by atoms with E-state index in [-0.39, 0.29) is 16.9 Å². The van der Waals surface area contributed by atoms with Crippen molar-refractivity contribution in [3.05, 3.63) is 90.5 Å². The molecule has 0 radical (unpaired) electrons. The Kier molecular flexibility index (Phi) is 11.3. The molecule has 5 nitrogen and oxygen atoms in total. The van der Waals surface area contributed by atoms with Crippen LogP contribution in [0, 0.1) is 11.8 Å². The summed E-state index contributed by atoms with van der Waals surface area (Å²) >= 11 is 0. The molecular weight excluding hydrogens is 504 g/mol. The Morgan fingerprint density at radius 3 is 1.82 bits per heavy atom. The normalized spacial score (nSPS) is 15.4. The van der Waals surface area contributed by atoms with E-state index in [9.17, 15) is 10.2 Å². The number of ether oxygens (including phenoxy) is 2. The van der Waals surface area contributed by atoms with Crippen LogP contribution in [0.15, 0.2) is 84.9 Å². The monoisotopic (exact) mass is 550 g/mol. The molecule has 39 heavy (non-hydrogen) atoms. The van der Waals surface area contributed by atoms with Crippen LogP contribution in [0.4, 0.5) is 0 Å². The van der Waals surface area contributed by atoms with Crippen LogP contribution in [0.5, 0.6) is 5.75 Å². The lowest BCUT2D eigenvalue weighted by Crippen LogP contribution is -2.66. The predicted molar refractivity (Wildman–Crippen MR) is 161 cm³/mol. The first kappa shape index (κ1) is 31.0. The molecular formula is C33H46O5Si. The summed E-state index contributed by atoms with van der Waals surface area (Å²) in [5.41, 5.74) is 1.05. The highest BCUT2D eigenvalue weighted by atomic mass is 28.4. The minimum atomic E-state index is -2.66. The van der Waals surface area contributed by atoms with Crippen molar-refractivity contribution in [1.29, 1.82) is 0 Å². The van der Waals surface area contributed by atoms with Crippen LogP contribution >= 0.6 is 0 Å². The van der Waals surface area contributed by atoms with Crippen LogP contribution in [0.3, 0.4) is 0 Å². The summed E-state index contributed by atoms with van der Waals surface area (Å²) in [7, 11) is -1.01. The van der Waals surface area contributed by atoms with Gasteiger partial charge in [-0.3, -0.25) is 0 Å². The average Bonchev–Trinajstić information content (AvgIpc) is 2.95. The molecule has 0 aliphatic carbocycles. The van der Waals surface area contributed by atoms with Gasteiger partial charge in [0.2, 0.25) is 0 Å². The van der Waals surface area contributed by atoms with Crippen LogP contribution in [0.25, 0.3) is 0 Å². The summed E-state index contributed by atoms with van der Waals surface area (Å²) in [6.07, 6.45) is -0.937. The second-order valence-electron chi connectivity index (χ2n) is 11.6. The summed E-state index contributed by atoms with van der Waals surface area (Å²) in [6.45, 7) is 11.9. The second kappa shape index (κ2) is 14.2. The first-order chi connectivity index (χ1) is 18.6. The van der Waals surface area contributed by atoms with Gasteiger partial charge in [-0.25, -0.2) is 0 Å². The van der Waals surface area contributed by atoms with E-state index in [4.69, 9.17) is 13.9 Å². The van der Waals surface area contributed by atoms with Gasteiger partial charge >= 0.3 is 0 Å². The molecule has 2 N–H and O–H groups in total. The topological polar surface area (TPSA) is 68.2 Å². The Balaban J connectivity index is 1.61. The summed E-state index contributed by atoms with van der Waals surface area (Å²) in [5.74, 6) is 0.377. The van der Waals surface area contributed by atoms with Gasteiger partial charge in [0.05, 0.1) is 32.5 Å². The van der Waals surface area contributed by atoms with Crippen LogP contribution < -0.4 is 15.1 Å². The Hall–Kier alpha value is -2.48. The molecule has 0 unspecified atom stereocenters. The highest BCUT2D eigenvalue weighted by Crippen LogP contribution is 2.37. The lowest BCUT2D eigenvalue weighted by molar-refractivity contribution is -0.0390. The maximum Gasteiger partial charge on any atom is 0.261 e. The van der Waals surface area contributed by atoms with E-state index < -0.39 is 20.5 Å². The fraction of sp³-hybridized carbons (Fsp3) is 0.455. The number of rotatable bonds is 14. The molecule has 212 valence electrons. The summed E-state index contributed by atoms with van der Waals surface area (Å²) in [5, 5.41) is 24.3. The van der Waals surface area contributed by atoms with Crippen molar-refractivity contribution in [2.24, 2.45) is 11.8 Å². The minimum absolute atomic E-state index is 0.120. The fourth-order valence-corrected chi connectivity index (χ4v) is 9.87. The maximum atomic E-state index is 11.1. The van der Waals surface area contributed by atoms with E-state index in [0.717, 1.165) is 11.3 Å². The van der Waals surface area contributed by atoms with Gasteiger partial charge in [-0.05, 0) is 39.5 Å². The van der Waals surface area contributed by atoms with Gasteiger partial charge in [-0.1, -0.05) is 107 Å². The molecule has 0 bridgehead atoms. The third-order valence-corrected chi connectivity index (χ3v) is 12.7. The van der Waals surface area contributed by atoms with Crippen molar-refractivity contribution < 1.29 is 24.1 Å². The van der Waals surface area contributed by atoms with Crippen molar-refractivity contribution in [3.8, 4) is 5.75 Å². The third-order valence-electron chi connectivity index (χ3n) is 7.69. The molecule has 0 aliphatic rings. The fourth-order valence-electron chi connectivity index (χ4n) is 5.29. The number of benzene rings is 3. The van der Waals surface area contributed by atoms with Crippen molar-refractivity contribution in [3.63, 3.8) is 0 Å².